The minimum atomic E-state index is -0.213. The summed E-state index contributed by atoms with van der Waals surface area (Å²) in [5.74, 6) is 2.91. The van der Waals surface area contributed by atoms with Crippen molar-refractivity contribution in [1.82, 2.24) is 0 Å². The van der Waals surface area contributed by atoms with Gasteiger partial charge in [-0.3, -0.25) is 0 Å². The summed E-state index contributed by atoms with van der Waals surface area (Å²) in [6.07, 6.45) is 4.10. The molecule has 0 heterocycles. The van der Waals surface area contributed by atoms with Crippen LogP contribution in [0.1, 0.15) is 45.1 Å². The lowest BCUT2D eigenvalue weighted by atomic mass is 9.73. The van der Waals surface area contributed by atoms with Crippen molar-refractivity contribution in [3.05, 3.63) is 29.8 Å². The highest BCUT2D eigenvalue weighted by molar-refractivity contribution is 5.27. The van der Waals surface area contributed by atoms with Gasteiger partial charge >= 0.3 is 0 Å². The normalized spacial score (nSPS) is 28.1. The van der Waals surface area contributed by atoms with Gasteiger partial charge in [-0.15, -0.1) is 0 Å². The molecular formula is C18H28O2. The van der Waals surface area contributed by atoms with Crippen molar-refractivity contribution in [2.45, 2.75) is 52.6 Å². The first kappa shape index (κ1) is 15.4. The van der Waals surface area contributed by atoms with Gasteiger partial charge < -0.3 is 9.84 Å². The number of aryl methyl sites for hydroxylation is 1. The molecule has 0 radical (unpaired) electrons. The fourth-order valence-electron chi connectivity index (χ4n) is 3.18. The van der Waals surface area contributed by atoms with Gasteiger partial charge in [-0.25, -0.2) is 0 Å². The SMILES string of the molecule is Cc1cccc(OCCC(O)C2CCC(C)C(C)C2)c1. The molecule has 0 amide bonds. The Morgan fingerprint density at radius 3 is 2.75 bits per heavy atom. The van der Waals surface area contributed by atoms with E-state index in [-0.39, 0.29) is 6.10 Å². The summed E-state index contributed by atoms with van der Waals surface area (Å²) < 4.78 is 5.74. The predicted molar refractivity (Wildman–Crippen MR) is 83.0 cm³/mol. The molecule has 2 nitrogen and oxygen atoms in total. The van der Waals surface area contributed by atoms with E-state index in [1.54, 1.807) is 0 Å². The van der Waals surface area contributed by atoms with E-state index in [0.29, 0.717) is 12.5 Å². The number of hydrogen-bond donors (Lipinski definition) is 1. The molecule has 4 unspecified atom stereocenters. The van der Waals surface area contributed by atoms with Crippen molar-refractivity contribution in [3.8, 4) is 5.75 Å². The Kier molecular flexibility index (Phi) is 5.47. The lowest BCUT2D eigenvalue weighted by Gasteiger charge is -2.34. The number of hydrogen-bond acceptors (Lipinski definition) is 2. The maximum Gasteiger partial charge on any atom is 0.119 e. The fourth-order valence-corrected chi connectivity index (χ4v) is 3.18. The number of rotatable bonds is 5. The van der Waals surface area contributed by atoms with Crippen molar-refractivity contribution in [2.75, 3.05) is 6.61 Å². The molecule has 1 aliphatic rings. The van der Waals surface area contributed by atoms with Crippen LogP contribution in [-0.4, -0.2) is 17.8 Å². The molecular weight excluding hydrogens is 248 g/mol. The smallest absolute Gasteiger partial charge is 0.119 e. The molecule has 0 saturated heterocycles. The van der Waals surface area contributed by atoms with Crippen molar-refractivity contribution in [2.24, 2.45) is 17.8 Å². The second-order valence-corrected chi connectivity index (χ2v) is 6.55. The standard InChI is InChI=1S/C18H28O2/c1-13-5-4-6-17(11-13)20-10-9-18(19)16-8-7-14(2)15(3)12-16/h4-6,11,14-16,18-19H,7-10,12H2,1-3H3. The van der Waals surface area contributed by atoms with Crippen LogP contribution in [0.3, 0.4) is 0 Å². The largest absolute Gasteiger partial charge is 0.493 e. The molecule has 0 spiro atoms. The Bertz CT molecular complexity index is 416. The van der Waals surface area contributed by atoms with Crippen molar-refractivity contribution < 1.29 is 9.84 Å². The highest BCUT2D eigenvalue weighted by Crippen LogP contribution is 2.35. The Balaban J connectivity index is 1.74. The van der Waals surface area contributed by atoms with Gasteiger partial charge in [0.05, 0.1) is 12.7 Å². The number of ether oxygens (including phenoxy) is 1. The van der Waals surface area contributed by atoms with Gasteiger partial charge in [0, 0.05) is 6.42 Å². The summed E-state index contributed by atoms with van der Waals surface area (Å²) >= 11 is 0. The van der Waals surface area contributed by atoms with Crippen LogP contribution < -0.4 is 4.74 Å². The van der Waals surface area contributed by atoms with E-state index in [1.807, 2.05) is 18.2 Å². The zero-order valence-electron chi connectivity index (χ0n) is 13.0. The van der Waals surface area contributed by atoms with E-state index in [9.17, 15) is 5.11 Å². The minimum absolute atomic E-state index is 0.213. The quantitative estimate of drug-likeness (QED) is 0.873. The summed E-state index contributed by atoms with van der Waals surface area (Å²) in [5, 5.41) is 10.3. The maximum atomic E-state index is 10.3. The average molecular weight is 276 g/mol. The van der Waals surface area contributed by atoms with Crippen LogP contribution in [0.15, 0.2) is 24.3 Å². The molecule has 4 atom stereocenters. The van der Waals surface area contributed by atoms with Gasteiger partial charge in [0.15, 0.2) is 0 Å². The van der Waals surface area contributed by atoms with Crippen LogP contribution in [0.5, 0.6) is 5.75 Å². The number of aliphatic hydroxyl groups is 1. The molecule has 1 saturated carbocycles. The molecule has 1 fully saturated rings. The van der Waals surface area contributed by atoms with E-state index >= 15 is 0 Å². The van der Waals surface area contributed by atoms with Crippen LogP contribution >= 0.6 is 0 Å². The molecule has 1 N–H and O–H groups in total. The van der Waals surface area contributed by atoms with Crippen molar-refractivity contribution in [1.29, 1.82) is 0 Å². The highest BCUT2D eigenvalue weighted by atomic mass is 16.5. The van der Waals surface area contributed by atoms with Gasteiger partial charge in [-0.1, -0.05) is 32.4 Å². The maximum absolute atomic E-state index is 10.3. The Morgan fingerprint density at radius 1 is 1.25 bits per heavy atom. The van der Waals surface area contributed by atoms with Gasteiger partial charge in [-0.2, -0.15) is 0 Å². The third-order valence-electron chi connectivity index (χ3n) is 4.85. The summed E-state index contributed by atoms with van der Waals surface area (Å²) in [5.41, 5.74) is 1.21. The van der Waals surface area contributed by atoms with Gasteiger partial charge in [-0.05, 0) is 55.2 Å². The third kappa shape index (κ3) is 4.24. The molecule has 112 valence electrons. The first-order valence-electron chi connectivity index (χ1n) is 7.93. The summed E-state index contributed by atoms with van der Waals surface area (Å²) in [6.45, 7) is 7.30. The fraction of sp³-hybridized carbons (Fsp3) is 0.667. The predicted octanol–water partition coefficient (Wildman–Crippen LogP) is 4.20. The van der Waals surface area contributed by atoms with Gasteiger partial charge in [0.1, 0.15) is 5.75 Å². The highest BCUT2D eigenvalue weighted by Gasteiger charge is 2.28. The van der Waals surface area contributed by atoms with Gasteiger partial charge in [0.25, 0.3) is 0 Å². The van der Waals surface area contributed by atoms with Crippen LogP contribution in [0, 0.1) is 24.7 Å². The summed E-state index contributed by atoms with van der Waals surface area (Å²) in [4.78, 5) is 0. The molecule has 2 heteroatoms. The van der Waals surface area contributed by atoms with E-state index in [1.165, 1.54) is 12.0 Å². The van der Waals surface area contributed by atoms with E-state index < -0.39 is 0 Å². The minimum Gasteiger partial charge on any atom is -0.493 e. The van der Waals surface area contributed by atoms with Crippen LogP contribution in [0.2, 0.25) is 0 Å². The third-order valence-corrected chi connectivity index (χ3v) is 4.85. The average Bonchev–Trinajstić information content (AvgIpc) is 2.42. The molecule has 1 aliphatic carbocycles. The Morgan fingerprint density at radius 2 is 2.05 bits per heavy atom. The molecule has 0 bridgehead atoms. The number of aliphatic hydroxyl groups excluding tert-OH is 1. The lowest BCUT2D eigenvalue weighted by molar-refractivity contribution is 0.0411. The van der Waals surface area contributed by atoms with E-state index in [4.69, 9.17) is 4.74 Å². The Hall–Kier alpha value is -1.02. The van der Waals surface area contributed by atoms with E-state index in [2.05, 4.69) is 26.8 Å². The first-order valence-corrected chi connectivity index (χ1v) is 7.93. The topological polar surface area (TPSA) is 29.5 Å². The monoisotopic (exact) mass is 276 g/mol. The van der Waals surface area contributed by atoms with Crippen LogP contribution in [0.25, 0.3) is 0 Å². The zero-order chi connectivity index (χ0) is 14.5. The molecule has 1 aromatic rings. The van der Waals surface area contributed by atoms with Gasteiger partial charge in [0.2, 0.25) is 0 Å². The summed E-state index contributed by atoms with van der Waals surface area (Å²) in [6, 6.07) is 8.08. The molecule has 1 aromatic carbocycles. The number of benzene rings is 1. The van der Waals surface area contributed by atoms with Crippen molar-refractivity contribution in [3.63, 3.8) is 0 Å². The van der Waals surface area contributed by atoms with Crippen LogP contribution in [0.4, 0.5) is 0 Å². The molecule has 20 heavy (non-hydrogen) atoms. The van der Waals surface area contributed by atoms with Crippen LogP contribution in [-0.2, 0) is 0 Å². The second kappa shape index (κ2) is 7.12. The summed E-state index contributed by atoms with van der Waals surface area (Å²) in [7, 11) is 0. The molecule has 0 aromatic heterocycles. The zero-order valence-corrected chi connectivity index (χ0v) is 13.0. The van der Waals surface area contributed by atoms with Crippen molar-refractivity contribution >= 4 is 0 Å². The molecule has 0 aliphatic heterocycles. The second-order valence-electron chi connectivity index (χ2n) is 6.55. The first-order chi connectivity index (χ1) is 9.56. The lowest BCUT2D eigenvalue weighted by Crippen LogP contribution is -2.30. The Labute approximate surface area is 123 Å². The van der Waals surface area contributed by atoms with E-state index in [0.717, 1.165) is 36.8 Å². The molecule has 2 rings (SSSR count).